The monoisotopic (exact) mass is 314 g/mol. The van der Waals surface area contributed by atoms with E-state index in [1.165, 1.54) is 7.11 Å². The summed E-state index contributed by atoms with van der Waals surface area (Å²) in [6, 6.07) is 6.40. The average Bonchev–Trinajstić information content (AvgIpc) is 3.24. The summed E-state index contributed by atoms with van der Waals surface area (Å²) in [6.45, 7) is 0. The number of amides is 3. The third-order valence-corrected chi connectivity index (χ3v) is 4.48. The average molecular weight is 314 g/mol. The van der Waals surface area contributed by atoms with Crippen LogP contribution in [0.4, 0.5) is 0 Å². The summed E-state index contributed by atoms with van der Waals surface area (Å²) in [5, 5.41) is 0.831. The first-order chi connectivity index (χ1) is 11.1. The highest BCUT2D eigenvalue weighted by Crippen LogP contribution is 2.44. The van der Waals surface area contributed by atoms with Crippen LogP contribution in [0.3, 0.4) is 0 Å². The molecule has 2 bridgehead atoms. The van der Waals surface area contributed by atoms with Gasteiger partial charge in [-0.15, -0.1) is 0 Å². The quantitative estimate of drug-likeness (QED) is 0.640. The number of methoxy groups -OCH3 is 1. The SMILES string of the molecule is COc1ccc(C(=O)NN2C(=O)[C@@H]3[C@@H](C2=O)[C@H]2C=C[C@@H]3O2)cc1. The van der Waals surface area contributed by atoms with Gasteiger partial charge in [0.1, 0.15) is 5.75 Å². The van der Waals surface area contributed by atoms with Crippen LogP contribution in [-0.4, -0.2) is 42.0 Å². The Hall–Kier alpha value is -2.67. The molecular formula is C16H14N2O5. The second kappa shape index (κ2) is 4.92. The first-order valence-electron chi connectivity index (χ1n) is 7.27. The van der Waals surface area contributed by atoms with Crippen molar-refractivity contribution in [3.63, 3.8) is 0 Å². The number of imide groups is 1. The predicted octanol–water partition coefficient (Wildman–Crippen LogP) is 0.278. The first-order valence-corrected chi connectivity index (χ1v) is 7.27. The molecule has 0 radical (unpaired) electrons. The van der Waals surface area contributed by atoms with Crippen molar-refractivity contribution in [1.82, 2.24) is 10.4 Å². The number of ether oxygens (including phenoxy) is 2. The Balaban J connectivity index is 1.52. The Morgan fingerprint density at radius 3 is 2.17 bits per heavy atom. The highest BCUT2D eigenvalue weighted by Gasteiger charge is 2.61. The van der Waals surface area contributed by atoms with Crippen molar-refractivity contribution in [3.05, 3.63) is 42.0 Å². The molecule has 23 heavy (non-hydrogen) atoms. The van der Waals surface area contributed by atoms with Gasteiger partial charge in [-0.05, 0) is 24.3 Å². The van der Waals surface area contributed by atoms with Crippen LogP contribution in [-0.2, 0) is 14.3 Å². The third-order valence-electron chi connectivity index (χ3n) is 4.48. The van der Waals surface area contributed by atoms with Crippen LogP contribution in [0.2, 0.25) is 0 Å². The summed E-state index contributed by atoms with van der Waals surface area (Å²) in [4.78, 5) is 37.1. The maximum absolute atomic E-state index is 12.4. The molecule has 0 unspecified atom stereocenters. The standard InChI is InChI=1S/C16H14N2O5/c1-22-9-4-2-8(3-5-9)14(19)17-18-15(20)12-10-6-7-11(23-10)13(12)16(18)21/h2-7,10-13H,1H3,(H,17,19)/t10-,11+,12-,13-/m0/s1. The summed E-state index contributed by atoms with van der Waals surface area (Å²) in [5.74, 6) is -1.81. The summed E-state index contributed by atoms with van der Waals surface area (Å²) in [7, 11) is 1.53. The van der Waals surface area contributed by atoms with Gasteiger partial charge in [0, 0.05) is 5.56 Å². The molecule has 118 valence electrons. The minimum absolute atomic E-state index is 0.334. The maximum Gasteiger partial charge on any atom is 0.270 e. The summed E-state index contributed by atoms with van der Waals surface area (Å²) in [6.07, 6.45) is 2.85. The molecule has 1 aromatic carbocycles. The van der Waals surface area contributed by atoms with E-state index >= 15 is 0 Å². The Bertz CT molecular complexity index is 696. The lowest BCUT2D eigenvalue weighted by Crippen LogP contribution is -2.47. The van der Waals surface area contributed by atoms with Gasteiger partial charge in [0.15, 0.2) is 0 Å². The van der Waals surface area contributed by atoms with E-state index in [4.69, 9.17) is 9.47 Å². The lowest BCUT2D eigenvalue weighted by atomic mass is 9.85. The molecule has 3 aliphatic rings. The van der Waals surface area contributed by atoms with Gasteiger partial charge in [0.25, 0.3) is 17.7 Å². The molecule has 1 aromatic rings. The Morgan fingerprint density at radius 2 is 1.65 bits per heavy atom. The van der Waals surface area contributed by atoms with Crippen molar-refractivity contribution in [2.45, 2.75) is 12.2 Å². The number of carbonyl (C=O) groups excluding carboxylic acids is 3. The van der Waals surface area contributed by atoms with E-state index in [1.54, 1.807) is 36.4 Å². The van der Waals surface area contributed by atoms with Crippen molar-refractivity contribution in [2.75, 3.05) is 7.11 Å². The van der Waals surface area contributed by atoms with Gasteiger partial charge in [-0.2, -0.15) is 5.01 Å². The van der Waals surface area contributed by atoms with E-state index in [0.717, 1.165) is 5.01 Å². The number of hydrazine groups is 1. The molecule has 0 spiro atoms. The van der Waals surface area contributed by atoms with Gasteiger partial charge < -0.3 is 9.47 Å². The molecule has 3 heterocycles. The van der Waals surface area contributed by atoms with Crippen molar-refractivity contribution in [3.8, 4) is 5.75 Å². The van der Waals surface area contributed by atoms with E-state index in [0.29, 0.717) is 11.3 Å². The number of nitrogens with zero attached hydrogens (tertiary/aromatic N) is 1. The van der Waals surface area contributed by atoms with Gasteiger partial charge >= 0.3 is 0 Å². The topological polar surface area (TPSA) is 84.9 Å². The third kappa shape index (κ3) is 1.97. The van der Waals surface area contributed by atoms with Crippen LogP contribution >= 0.6 is 0 Å². The number of fused-ring (bicyclic) bond motifs is 5. The highest BCUT2D eigenvalue weighted by atomic mass is 16.5. The van der Waals surface area contributed by atoms with Crippen molar-refractivity contribution < 1.29 is 23.9 Å². The van der Waals surface area contributed by atoms with Gasteiger partial charge in [-0.25, -0.2) is 0 Å². The van der Waals surface area contributed by atoms with Crippen LogP contribution in [0, 0.1) is 11.8 Å². The molecule has 2 saturated heterocycles. The minimum atomic E-state index is -0.534. The number of nitrogens with one attached hydrogen (secondary N) is 1. The molecule has 3 aliphatic heterocycles. The smallest absolute Gasteiger partial charge is 0.270 e. The van der Waals surface area contributed by atoms with Gasteiger partial charge in [-0.1, -0.05) is 12.2 Å². The van der Waals surface area contributed by atoms with E-state index in [1.807, 2.05) is 0 Å². The van der Waals surface area contributed by atoms with Crippen molar-refractivity contribution >= 4 is 17.7 Å². The minimum Gasteiger partial charge on any atom is -0.497 e. The Kier molecular flexibility index (Phi) is 2.99. The van der Waals surface area contributed by atoms with Crippen molar-refractivity contribution in [2.24, 2.45) is 11.8 Å². The molecule has 7 nitrogen and oxygen atoms in total. The molecule has 4 rings (SSSR count). The largest absolute Gasteiger partial charge is 0.497 e. The lowest BCUT2D eigenvalue weighted by molar-refractivity contribution is -0.145. The molecular weight excluding hydrogens is 300 g/mol. The van der Waals surface area contributed by atoms with Crippen LogP contribution in [0.1, 0.15) is 10.4 Å². The summed E-state index contributed by atoms with van der Waals surface area (Å²) >= 11 is 0. The molecule has 7 heteroatoms. The Labute approximate surface area is 131 Å². The van der Waals surface area contributed by atoms with Gasteiger partial charge in [0.2, 0.25) is 0 Å². The fourth-order valence-corrected chi connectivity index (χ4v) is 3.32. The van der Waals surface area contributed by atoms with Gasteiger partial charge in [0.05, 0.1) is 31.2 Å². The highest BCUT2D eigenvalue weighted by molar-refractivity contribution is 6.09. The zero-order valence-electron chi connectivity index (χ0n) is 12.3. The molecule has 0 aliphatic carbocycles. The van der Waals surface area contributed by atoms with E-state index in [2.05, 4.69) is 5.43 Å². The number of carbonyl (C=O) groups is 3. The molecule has 0 saturated carbocycles. The summed E-state index contributed by atoms with van der Waals surface area (Å²) < 4.78 is 10.6. The first kappa shape index (κ1) is 14.0. The Morgan fingerprint density at radius 1 is 1.09 bits per heavy atom. The van der Waals surface area contributed by atoms with Gasteiger partial charge in [-0.3, -0.25) is 19.8 Å². The lowest BCUT2D eigenvalue weighted by Gasteiger charge is -2.18. The van der Waals surface area contributed by atoms with Crippen LogP contribution in [0.25, 0.3) is 0 Å². The molecule has 3 amide bonds. The van der Waals surface area contributed by atoms with E-state index in [9.17, 15) is 14.4 Å². The predicted molar refractivity (Wildman–Crippen MR) is 77.1 cm³/mol. The fraction of sp³-hybridized carbons (Fsp3) is 0.312. The van der Waals surface area contributed by atoms with Crippen LogP contribution in [0.5, 0.6) is 5.75 Å². The second-order valence-electron chi connectivity index (χ2n) is 5.68. The van der Waals surface area contributed by atoms with E-state index in [-0.39, 0.29) is 12.2 Å². The number of hydrogen-bond donors (Lipinski definition) is 1. The number of hydrogen-bond acceptors (Lipinski definition) is 5. The second-order valence-corrected chi connectivity index (χ2v) is 5.68. The van der Waals surface area contributed by atoms with E-state index < -0.39 is 29.6 Å². The molecule has 1 N–H and O–H groups in total. The molecule has 0 aromatic heterocycles. The molecule has 4 atom stereocenters. The van der Waals surface area contributed by atoms with Crippen molar-refractivity contribution in [1.29, 1.82) is 0 Å². The molecule has 2 fully saturated rings. The van der Waals surface area contributed by atoms with Crippen LogP contribution in [0.15, 0.2) is 36.4 Å². The maximum atomic E-state index is 12.4. The number of benzene rings is 1. The normalized spacial score (nSPS) is 30.7. The fourth-order valence-electron chi connectivity index (χ4n) is 3.32. The van der Waals surface area contributed by atoms with Crippen LogP contribution < -0.4 is 10.2 Å². The zero-order chi connectivity index (χ0) is 16.1. The summed E-state index contributed by atoms with van der Waals surface area (Å²) in [5.41, 5.74) is 2.73. The zero-order valence-corrected chi connectivity index (χ0v) is 12.3. The number of rotatable bonds is 3.